The highest BCUT2D eigenvalue weighted by Crippen LogP contribution is 2.47. The van der Waals surface area contributed by atoms with Crippen LogP contribution in [0.1, 0.15) is 0 Å². The highest BCUT2D eigenvalue weighted by molar-refractivity contribution is 8.00. The molecule has 0 bridgehead atoms. The molecule has 0 unspecified atom stereocenters. The van der Waals surface area contributed by atoms with Gasteiger partial charge in [0.2, 0.25) is 6.71 Å². The zero-order chi connectivity index (χ0) is 43.0. The molecule has 3 aromatic heterocycles. The van der Waals surface area contributed by atoms with E-state index < -0.39 is 0 Å². The van der Waals surface area contributed by atoms with E-state index in [0.717, 1.165) is 83.2 Å². The summed E-state index contributed by atoms with van der Waals surface area (Å²) >= 11 is 1.88. The van der Waals surface area contributed by atoms with Crippen LogP contribution in [0.5, 0.6) is 0 Å². The van der Waals surface area contributed by atoms with E-state index in [-0.39, 0.29) is 6.71 Å². The number of aromatic nitrogens is 1. The van der Waals surface area contributed by atoms with Crippen LogP contribution in [0, 0.1) is 0 Å². The molecule has 0 aliphatic carbocycles. The van der Waals surface area contributed by atoms with Gasteiger partial charge in [-0.2, -0.15) is 0 Å². The molecule has 0 saturated heterocycles. The van der Waals surface area contributed by atoms with Crippen molar-refractivity contribution in [3.8, 4) is 27.9 Å². The van der Waals surface area contributed by atoms with Gasteiger partial charge in [-0.15, -0.1) is 0 Å². The van der Waals surface area contributed by atoms with Gasteiger partial charge in [0.1, 0.15) is 22.3 Å². The van der Waals surface area contributed by atoms with Crippen molar-refractivity contribution < 1.29 is 8.83 Å². The summed E-state index contributed by atoms with van der Waals surface area (Å²) in [5, 5.41) is 7.02. The van der Waals surface area contributed by atoms with Gasteiger partial charge in [-0.05, 0) is 82.7 Å². The molecule has 0 radical (unpaired) electrons. The van der Waals surface area contributed by atoms with E-state index in [1.807, 2.05) is 23.9 Å². The molecule has 10 aromatic carbocycles. The summed E-state index contributed by atoms with van der Waals surface area (Å²) < 4.78 is 15.7. The number of furan rings is 2. The fourth-order valence-electron chi connectivity index (χ4n) is 11.2. The molecular formula is C60H35BN2O2S. The molecule has 0 fully saturated rings. The largest absolute Gasteiger partial charge is 0.455 e. The second-order valence-electron chi connectivity index (χ2n) is 17.5. The number of hydrogen-bond acceptors (Lipinski definition) is 4. The maximum absolute atomic E-state index is 6.66. The van der Waals surface area contributed by atoms with E-state index in [0.29, 0.717) is 0 Å². The maximum atomic E-state index is 6.66. The van der Waals surface area contributed by atoms with Crippen LogP contribution in [0.3, 0.4) is 0 Å². The minimum absolute atomic E-state index is 0.0134. The SMILES string of the molecule is c1ccc(N2c3cc(-c4cccc5c4oc4ccccc45)ccc3B3c4ccc(-c5cccc6c5oc5ccccc56)cc4Sc4cc(-n5c6ccccc6c6ccccc65)cc2c43)cc1. The van der Waals surface area contributed by atoms with E-state index in [1.165, 1.54) is 53.7 Å². The van der Waals surface area contributed by atoms with Crippen LogP contribution in [0.25, 0.3) is 93.6 Å². The van der Waals surface area contributed by atoms with Gasteiger partial charge in [0, 0.05) is 76.0 Å². The molecule has 0 N–H and O–H groups in total. The molecule has 0 saturated carbocycles. The van der Waals surface area contributed by atoms with Crippen molar-refractivity contribution in [1.29, 1.82) is 0 Å². The Morgan fingerprint density at radius 1 is 0.379 bits per heavy atom. The lowest BCUT2D eigenvalue weighted by molar-refractivity contribution is 0.669. The average Bonchev–Trinajstić information content (AvgIpc) is 4.06. The monoisotopic (exact) mass is 858 g/mol. The standard InChI is InChI=1S/C60H35BN2O2S/c1-2-14-38(15-3-1)62-52-32-36(40-20-12-22-46-44-18-6-10-26-54(44)64-59(40)46)28-30-48(52)61-49-31-29-37(41-21-13-23-47-45-19-7-11-27-55(45)65-60(41)47)33-56(49)66-57-35-39(34-53(62)58(57)61)63-50-24-8-4-16-42(50)43-17-5-9-25-51(43)63/h1-35H. The lowest BCUT2D eigenvalue weighted by Gasteiger charge is -2.41. The Balaban J connectivity index is 1.00. The molecule has 306 valence electrons. The Hall–Kier alpha value is -8.19. The zero-order valence-corrected chi connectivity index (χ0v) is 36.2. The van der Waals surface area contributed by atoms with Crippen molar-refractivity contribution >= 4 is 118 Å². The van der Waals surface area contributed by atoms with E-state index in [4.69, 9.17) is 8.83 Å². The van der Waals surface area contributed by atoms with Gasteiger partial charge in [-0.1, -0.05) is 169 Å². The summed E-state index contributed by atoms with van der Waals surface area (Å²) in [6.07, 6.45) is 0. The van der Waals surface area contributed by atoms with Crippen LogP contribution in [-0.4, -0.2) is 11.3 Å². The zero-order valence-electron chi connectivity index (χ0n) is 35.4. The second-order valence-corrected chi connectivity index (χ2v) is 18.6. The summed E-state index contributed by atoms with van der Waals surface area (Å²) in [4.78, 5) is 5.01. The van der Waals surface area contributed by atoms with Crippen LogP contribution in [0.15, 0.2) is 231 Å². The van der Waals surface area contributed by atoms with Gasteiger partial charge in [-0.25, -0.2) is 0 Å². The molecule has 2 aliphatic rings. The molecule has 4 nitrogen and oxygen atoms in total. The molecule has 66 heavy (non-hydrogen) atoms. The Kier molecular flexibility index (Phi) is 7.49. The molecule has 6 heteroatoms. The average molecular weight is 859 g/mol. The van der Waals surface area contributed by atoms with E-state index >= 15 is 0 Å². The Morgan fingerprint density at radius 2 is 0.924 bits per heavy atom. The normalized spacial score (nSPS) is 13.0. The van der Waals surface area contributed by atoms with Gasteiger partial charge in [0.05, 0.1) is 11.0 Å². The van der Waals surface area contributed by atoms with Gasteiger partial charge in [-0.3, -0.25) is 0 Å². The highest BCUT2D eigenvalue weighted by Gasteiger charge is 2.42. The summed E-state index contributed by atoms with van der Waals surface area (Å²) in [5.41, 5.74) is 18.9. The van der Waals surface area contributed by atoms with Gasteiger partial charge < -0.3 is 18.3 Å². The molecule has 0 amide bonds. The Morgan fingerprint density at radius 3 is 1.58 bits per heavy atom. The molecule has 0 atom stereocenters. The van der Waals surface area contributed by atoms with Crippen LogP contribution >= 0.6 is 11.8 Å². The highest BCUT2D eigenvalue weighted by atomic mass is 32.2. The first-order chi connectivity index (χ1) is 32.7. The van der Waals surface area contributed by atoms with Crippen molar-refractivity contribution in [2.24, 2.45) is 0 Å². The Labute approximate surface area is 384 Å². The molecule has 5 heterocycles. The van der Waals surface area contributed by atoms with Crippen LogP contribution < -0.4 is 21.3 Å². The maximum Gasteiger partial charge on any atom is 0.249 e. The number of anilines is 3. The third-order valence-corrected chi connectivity index (χ3v) is 15.2. The van der Waals surface area contributed by atoms with Crippen molar-refractivity contribution in [1.82, 2.24) is 4.57 Å². The van der Waals surface area contributed by atoms with Crippen LogP contribution in [-0.2, 0) is 0 Å². The number of para-hydroxylation sites is 7. The van der Waals surface area contributed by atoms with Crippen molar-refractivity contribution in [3.63, 3.8) is 0 Å². The predicted molar refractivity (Wildman–Crippen MR) is 276 cm³/mol. The topological polar surface area (TPSA) is 34.5 Å². The van der Waals surface area contributed by atoms with Gasteiger partial charge in [0.25, 0.3) is 0 Å². The summed E-state index contributed by atoms with van der Waals surface area (Å²) in [5.74, 6) is 0. The van der Waals surface area contributed by atoms with E-state index in [1.54, 1.807) is 0 Å². The lowest BCUT2D eigenvalue weighted by Crippen LogP contribution is -2.59. The predicted octanol–water partition coefficient (Wildman–Crippen LogP) is 14.7. The van der Waals surface area contributed by atoms with Crippen LogP contribution in [0.2, 0.25) is 0 Å². The molecule has 0 spiro atoms. The van der Waals surface area contributed by atoms with Crippen molar-refractivity contribution in [2.75, 3.05) is 4.90 Å². The summed E-state index contributed by atoms with van der Waals surface area (Å²) in [6, 6.07) is 77.3. The van der Waals surface area contributed by atoms with E-state index in [9.17, 15) is 0 Å². The molecule has 13 aromatic rings. The van der Waals surface area contributed by atoms with Crippen LogP contribution in [0.4, 0.5) is 17.1 Å². The fourth-order valence-corrected chi connectivity index (χ4v) is 12.4. The third kappa shape index (κ3) is 5.07. The lowest BCUT2D eigenvalue weighted by atomic mass is 9.34. The fraction of sp³-hybridized carbons (Fsp3) is 0. The third-order valence-electron chi connectivity index (χ3n) is 14.0. The first kappa shape index (κ1) is 36.2. The molecule has 15 rings (SSSR count). The summed E-state index contributed by atoms with van der Waals surface area (Å²) in [7, 11) is 0. The van der Waals surface area contributed by atoms with Crippen molar-refractivity contribution in [3.05, 3.63) is 212 Å². The number of nitrogens with zero attached hydrogens (tertiary/aromatic N) is 2. The van der Waals surface area contributed by atoms with E-state index in [2.05, 4.69) is 210 Å². The first-order valence-electron chi connectivity index (χ1n) is 22.5. The van der Waals surface area contributed by atoms with Crippen molar-refractivity contribution in [2.45, 2.75) is 9.79 Å². The quantitative estimate of drug-likeness (QED) is 0.165. The Bertz CT molecular complexity index is 4130. The first-order valence-corrected chi connectivity index (χ1v) is 23.3. The number of fused-ring (bicyclic) bond motifs is 13. The number of rotatable bonds is 4. The molecule has 2 aliphatic heterocycles. The number of benzene rings is 10. The summed E-state index contributed by atoms with van der Waals surface area (Å²) in [6.45, 7) is -0.0134. The number of hydrogen-bond donors (Lipinski definition) is 0. The second kappa shape index (κ2) is 13.7. The molecular weight excluding hydrogens is 824 g/mol. The van der Waals surface area contributed by atoms with Gasteiger partial charge >= 0.3 is 0 Å². The minimum Gasteiger partial charge on any atom is -0.455 e. The van der Waals surface area contributed by atoms with Gasteiger partial charge in [0.15, 0.2) is 0 Å². The minimum atomic E-state index is -0.0134. The smallest absolute Gasteiger partial charge is 0.249 e.